The van der Waals surface area contributed by atoms with Gasteiger partial charge in [0.1, 0.15) is 11.0 Å². The molecule has 0 radical (unpaired) electrons. The molecular formula is C14H15ClN4O. The van der Waals surface area contributed by atoms with Crippen LogP contribution < -0.4 is 10.6 Å². The Hall–Kier alpha value is -2.14. The maximum atomic E-state index is 12.2. The number of nitrogens with one attached hydrogen (secondary N) is 2. The van der Waals surface area contributed by atoms with Gasteiger partial charge in [-0.25, -0.2) is 4.98 Å². The molecule has 0 saturated heterocycles. The van der Waals surface area contributed by atoms with Gasteiger partial charge in [0, 0.05) is 30.2 Å². The van der Waals surface area contributed by atoms with Crippen LogP contribution >= 0.6 is 11.6 Å². The highest BCUT2D eigenvalue weighted by molar-refractivity contribution is 6.30. The molecule has 0 aromatic carbocycles. The summed E-state index contributed by atoms with van der Waals surface area (Å²) in [6, 6.07) is 4.96. The van der Waals surface area contributed by atoms with Crippen molar-refractivity contribution < 1.29 is 4.79 Å². The van der Waals surface area contributed by atoms with Gasteiger partial charge in [0.05, 0.1) is 0 Å². The topological polar surface area (TPSA) is 66.9 Å². The molecule has 2 aromatic rings. The maximum Gasteiger partial charge on any atom is 0.255 e. The summed E-state index contributed by atoms with van der Waals surface area (Å²) in [5, 5.41) is 6.14. The first-order valence-electron chi connectivity index (χ1n) is 6.23. The van der Waals surface area contributed by atoms with Gasteiger partial charge in [0.25, 0.3) is 5.91 Å². The second-order valence-electron chi connectivity index (χ2n) is 4.24. The Morgan fingerprint density at radius 3 is 2.90 bits per heavy atom. The third kappa shape index (κ3) is 3.45. The summed E-state index contributed by atoms with van der Waals surface area (Å²) in [6.07, 6.45) is 3.32. The summed E-state index contributed by atoms with van der Waals surface area (Å²) in [5.74, 6) is 0.347. The predicted octanol–water partition coefficient (Wildman–Crippen LogP) is 3.12. The maximum absolute atomic E-state index is 12.2. The van der Waals surface area contributed by atoms with Crippen LogP contribution in [0.3, 0.4) is 0 Å². The van der Waals surface area contributed by atoms with Crippen molar-refractivity contribution in [3.63, 3.8) is 0 Å². The van der Waals surface area contributed by atoms with Gasteiger partial charge < -0.3 is 10.6 Å². The van der Waals surface area contributed by atoms with E-state index in [1.807, 2.05) is 13.8 Å². The van der Waals surface area contributed by atoms with E-state index in [9.17, 15) is 4.79 Å². The molecule has 2 N–H and O–H groups in total. The first-order chi connectivity index (χ1) is 9.60. The van der Waals surface area contributed by atoms with Crippen molar-refractivity contribution in [2.75, 3.05) is 17.2 Å². The van der Waals surface area contributed by atoms with Crippen LogP contribution in [0, 0.1) is 6.92 Å². The van der Waals surface area contributed by atoms with E-state index in [-0.39, 0.29) is 11.1 Å². The molecule has 20 heavy (non-hydrogen) atoms. The quantitative estimate of drug-likeness (QED) is 0.849. The van der Waals surface area contributed by atoms with Crippen molar-refractivity contribution in [2.45, 2.75) is 13.8 Å². The first-order valence-corrected chi connectivity index (χ1v) is 6.61. The molecule has 2 heterocycles. The number of amides is 1. The van der Waals surface area contributed by atoms with Crippen LogP contribution in [0.25, 0.3) is 0 Å². The Morgan fingerprint density at radius 1 is 1.40 bits per heavy atom. The van der Waals surface area contributed by atoms with Crippen LogP contribution in [0.15, 0.2) is 30.6 Å². The average Bonchev–Trinajstić information content (AvgIpc) is 2.41. The van der Waals surface area contributed by atoms with Gasteiger partial charge in [-0.2, -0.15) is 0 Å². The predicted molar refractivity (Wildman–Crippen MR) is 80.3 cm³/mol. The summed E-state index contributed by atoms with van der Waals surface area (Å²) >= 11 is 5.92. The van der Waals surface area contributed by atoms with E-state index in [1.165, 1.54) is 6.07 Å². The first kappa shape index (κ1) is 14.3. The zero-order valence-corrected chi connectivity index (χ0v) is 12.0. The van der Waals surface area contributed by atoms with Crippen molar-refractivity contribution in [3.8, 4) is 0 Å². The smallest absolute Gasteiger partial charge is 0.255 e. The van der Waals surface area contributed by atoms with Crippen molar-refractivity contribution in [2.24, 2.45) is 0 Å². The lowest BCUT2D eigenvalue weighted by Gasteiger charge is -2.09. The number of aromatic nitrogens is 2. The minimum atomic E-state index is -0.234. The van der Waals surface area contributed by atoms with E-state index in [0.29, 0.717) is 17.9 Å². The lowest BCUT2D eigenvalue weighted by atomic mass is 10.2. The molecule has 0 atom stereocenters. The summed E-state index contributed by atoms with van der Waals surface area (Å²) in [6.45, 7) is 4.53. The van der Waals surface area contributed by atoms with E-state index < -0.39 is 0 Å². The molecule has 0 bridgehead atoms. The largest absolute Gasteiger partial charge is 0.370 e. The second kappa shape index (κ2) is 6.34. The monoisotopic (exact) mass is 290 g/mol. The molecule has 0 unspecified atom stereocenters. The Bertz CT molecular complexity index is 630. The van der Waals surface area contributed by atoms with Crippen molar-refractivity contribution in [1.82, 2.24) is 9.97 Å². The van der Waals surface area contributed by atoms with Crippen molar-refractivity contribution in [3.05, 3.63) is 46.9 Å². The van der Waals surface area contributed by atoms with Gasteiger partial charge in [0.2, 0.25) is 0 Å². The number of rotatable bonds is 4. The van der Waals surface area contributed by atoms with Crippen LogP contribution in [0.1, 0.15) is 22.8 Å². The van der Waals surface area contributed by atoms with Crippen LogP contribution in [-0.4, -0.2) is 22.4 Å². The highest BCUT2D eigenvalue weighted by atomic mass is 35.5. The Balaban J connectivity index is 2.23. The van der Waals surface area contributed by atoms with E-state index in [1.54, 1.807) is 24.5 Å². The Labute approximate surface area is 122 Å². The lowest BCUT2D eigenvalue weighted by molar-refractivity contribution is 0.102. The zero-order valence-electron chi connectivity index (χ0n) is 11.3. The molecule has 2 rings (SSSR count). The number of halogens is 1. The van der Waals surface area contributed by atoms with Crippen LogP contribution in [0.2, 0.25) is 5.15 Å². The van der Waals surface area contributed by atoms with Crippen LogP contribution in [0.5, 0.6) is 0 Å². The minimum absolute atomic E-state index is 0.234. The van der Waals surface area contributed by atoms with E-state index in [0.717, 1.165) is 11.3 Å². The summed E-state index contributed by atoms with van der Waals surface area (Å²) in [7, 11) is 0. The van der Waals surface area contributed by atoms with Gasteiger partial charge in [0.15, 0.2) is 0 Å². The van der Waals surface area contributed by atoms with Gasteiger partial charge in [-0.15, -0.1) is 0 Å². The molecule has 2 aromatic heterocycles. The van der Waals surface area contributed by atoms with Gasteiger partial charge >= 0.3 is 0 Å². The number of carbonyl (C=O) groups excluding carboxylic acids is 1. The normalized spacial score (nSPS) is 10.2. The fourth-order valence-corrected chi connectivity index (χ4v) is 1.92. The molecule has 0 saturated carbocycles. The fourth-order valence-electron chi connectivity index (χ4n) is 1.71. The molecule has 0 fully saturated rings. The minimum Gasteiger partial charge on any atom is -0.370 e. The molecule has 0 aliphatic carbocycles. The van der Waals surface area contributed by atoms with Crippen molar-refractivity contribution >= 4 is 29.0 Å². The number of aryl methyl sites for hydroxylation is 1. The van der Waals surface area contributed by atoms with Gasteiger partial charge in [-0.05, 0) is 37.6 Å². The SMILES string of the molecule is CCNc1cc(C(=O)Nc2ccncc2C)cc(Cl)n1. The number of anilines is 2. The van der Waals surface area contributed by atoms with Crippen LogP contribution in [-0.2, 0) is 0 Å². The highest BCUT2D eigenvalue weighted by Gasteiger charge is 2.10. The van der Waals surface area contributed by atoms with Gasteiger partial charge in [-0.1, -0.05) is 11.6 Å². The average molecular weight is 291 g/mol. The van der Waals surface area contributed by atoms with Crippen molar-refractivity contribution in [1.29, 1.82) is 0 Å². The molecule has 104 valence electrons. The fraction of sp³-hybridized carbons (Fsp3) is 0.214. The lowest BCUT2D eigenvalue weighted by Crippen LogP contribution is -2.14. The van der Waals surface area contributed by atoms with Crippen LogP contribution in [0.4, 0.5) is 11.5 Å². The van der Waals surface area contributed by atoms with Gasteiger partial charge in [-0.3, -0.25) is 9.78 Å². The Morgan fingerprint density at radius 2 is 2.20 bits per heavy atom. The third-order valence-corrected chi connectivity index (χ3v) is 2.88. The second-order valence-corrected chi connectivity index (χ2v) is 4.63. The summed E-state index contributed by atoms with van der Waals surface area (Å²) < 4.78 is 0. The molecular weight excluding hydrogens is 276 g/mol. The molecule has 5 nitrogen and oxygen atoms in total. The van der Waals surface area contributed by atoms with E-state index in [2.05, 4.69) is 20.6 Å². The highest BCUT2D eigenvalue weighted by Crippen LogP contribution is 2.17. The molecule has 6 heteroatoms. The molecule has 0 aliphatic rings. The number of carbonyl (C=O) groups is 1. The third-order valence-electron chi connectivity index (χ3n) is 2.68. The molecule has 0 spiro atoms. The summed E-state index contributed by atoms with van der Waals surface area (Å²) in [5.41, 5.74) is 2.08. The number of hydrogen-bond acceptors (Lipinski definition) is 4. The number of hydrogen-bond donors (Lipinski definition) is 2. The molecule has 0 aliphatic heterocycles. The zero-order chi connectivity index (χ0) is 14.5. The summed E-state index contributed by atoms with van der Waals surface area (Å²) in [4.78, 5) is 20.3. The van der Waals surface area contributed by atoms with E-state index >= 15 is 0 Å². The molecule has 1 amide bonds. The standard InChI is InChI=1S/C14H15ClN4O/c1-3-17-13-7-10(6-12(15)19-13)14(20)18-11-4-5-16-8-9(11)2/h4-8H,3H2,1-2H3,(H,17,19)(H,16,18,20). The number of nitrogens with zero attached hydrogens (tertiary/aromatic N) is 2. The van der Waals surface area contributed by atoms with E-state index in [4.69, 9.17) is 11.6 Å². The number of pyridine rings is 2. The Kier molecular flexibility index (Phi) is 4.53.